The van der Waals surface area contributed by atoms with Crippen molar-refractivity contribution in [1.82, 2.24) is 9.29 Å². The molecule has 0 bridgehead atoms. The van der Waals surface area contributed by atoms with Gasteiger partial charge >= 0.3 is 0 Å². The molecule has 3 rings (SSSR count). The third-order valence-corrected chi connectivity index (χ3v) is 6.37. The van der Waals surface area contributed by atoms with Crippen LogP contribution in [0, 0.1) is 0 Å². The maximum absolute atomic E-state index is 13.1. The van der Waals surface area contributed by atoms with E-state index in [1.165, 1.54) is 22.8 Å². The summed E-state index contributed by atoms with van der Waals surface area (Å²) in [5.41, 5.74) is 1.78. The first kappa shape index (κ1) is 20.3. The Morgan fingerprint density at radius 1 is 1.00 bits per heavy atom. The van der Waals surface area contributed by atoms with Gasteiger partial charge in [0.05, 0.1) is 0 Å². The fourth-order valence-corrected chi connectivity index (χ4v) is 4.59. The molecule has 0 aliphatic heterocycles. The molecule has 5 nitrogen and oxygen atoms in total. The molecule has 28 heavy (non-hydrogen) atoms. The molecular weight excluding hydrogens is 396 g/mol. The van der Waals surface area contributed by atoms with E-state index in [9.17, 15) is 13.5 Å². The molecule has 1 aromatic heterocycles. The van der Waals surface area contributed by atoms with E-state index in [1.54, 1.807) is 30.3 Å². The normalized spacial score (nSPS) is 11.6. The van der Waals surface area contributed by atoms with Gasteiger partial charge in [-0.15, -0.1) is 0 Å². The Morgan fingerprint density at radius 2 is 1.79 bits per heavy atom. The summed E-state index contributed by atoms with van der Waals surface area (Å²) in [6.07, 6.45) is 4.23. The van der Waals surface area contributed by atoms with Gasteiger partial charge < -0.3 is 5.11 Å². The number of nitrogens with zero attached hydrogens (tertiary/aromatic N) is 2. The smallest absolute Gasteiger partial charge is 0.244 e. The molecule has 0 spiro atoms. The van der Waals surface area contributed by atoms with Gasteiger partial charge in [-0.3, -0.25) is 4.98 Å². The lowest BCUT2D eigenvalue weighted by atomic mass is 10.1. The molecule has 0 aliphatic rings. The van der Waals surface area contributed by atoms with Crippen molar-refractivity contribution in [3.05, 3.63) is 89.2 Å². The number of aryl methyl sites for hydroxylation is 1. The van der Waals surface area contributed by atoms with E-state index < -0.39 is 10.0 Å². The minimum absolute atomic E-state index is 0.107. The summed E-state index contributed by atoms with van der Waals surface area (Å²) in [5.74, 6) is 0.107. The van der Waals surface area contributed by atoms with Gasteiger partial charge in [0, 0.05) is 30.5 Å². The van der Waals surface area contributed by atoms with Crippen molar-refractivity contribution in [2.24, 2.45) is 0 Å². The molecule has 0 radical (unpaired) electrons. The zero-order valence-electron chi connectivity index (χ0n) is 15.2. The molecule has 0 saturated carbocycles. The van der Waals surface area contributed by atoms with Gasteiger partial charge in [-0.05, 0) is 60.4 Å². The Labute approximate surface area is 170 Å². The van der Waals surface area contributed by atoms with E-state index in [-0.39, 0.29) is 17.2 Å². The highest BCUT2D eigenvalue weighted by molar-refractivity contribution is 7.89. The van der Waals surface area contributed by atoms with Crippen molar-refractivity contribution in [2.45, 2.75) is 24.3 Å². The van der Waals surface area contributed by atoms with Crippen LogP contribution in [-0.2, 0) is 23.0 Å². The zero-order chi connectivity index (χ0) is 20.0. The van der Waals surface area contributed by atoms with Gasteiger partial charge in [-0.25, -0.2) is 8.42 Å². The van der Waals surface area contributed by atoms with E-state index in [0.29, 0.717) is 24.4 Å². The monoisotopic (exact) mass is 416 g/mol. The molecule has 3 aromatic rings. The first-order valence-corrected chi connectivity index (χ1v) is 10.7. The minimum atomic E-state index is -3.71. The van der Waals surface area contributed by atoms with Crippen molar-refractivity contribution in [2.75, 3.05) is 6.54 Å². The molecule has 0 amide bonds. The van der Waals surface area contributed by atoms with Crippen molar-refractivity contribution in [3.63, 3.8) is 0 Å². The summed E-state index contributed by atoms with van der Waals surface area (Å²) in [6, 6.07) is 17.3. The Hall–Kier alpha value is -2.41. The molecule has 7 heteroatoms. The van der Waals surface area contributed by atoms with Crippen LogP contribution in [0.2, 0.25) is 5.02 Å². The number of aromatic nitrogens is 1. The van der Waals surface area contributed by atoms with Gasteiger partial charge in [0.2, 0.25) is 10.0 Å². The Balaban J connectivity index is 1.79. The Morgan fingerprint density at radius 3 is 2.50 bits per heavy atom. The summed E-state index contributed by atoms with van der Waals surface area (Å²) < 4.78 is 27.7. The average molecular weight is 417 g/mol. The first-order chi connectivity index (χ1) is 13.4. The van der Waals surface area contributed by atoms with Gasteiger partial charge in [0.25, 0.3) is 0 Å². The van der Waals surface area contributed by atoms with Crippen LogP contribution >= 0.6 is 11.6 Å². The third kappa shape index (κ3) is 5.32. The molecule has 0 unspecified atom stereocenters. The predicted octanol–water partition coefficient (Wildman–Crippen LogP) is 4.26. The molecule has 1 N–H and O–H groups in total. The first-order valence-electron chi connectivity index (χ1n) is 8.88. The number of rotatable bonds is 8. The molecule has 146 valence electrons. The van der Waals surface area contributed by atoms with Gasteiger partial charge in [0.1, 0.15) is 10.6 Å². The van der Waals surface area contributed by atoms with E-state index in [1.807, 2.05) is 24.3 Å². The van der Waals surface area contributed by atoms with Gasteiger partial charge in [0.15, 0.2) is 0 Å². The lowest BCUT2D eigenvalue weighted by molar-refractivity contribution is 0.398. The molecule has 1 heterocycles. The van der Waals surface area contributed by atoms with Crippen LogP contribution in [0.5, 0.6) is 5.75 Å². The van der Waals surface area contributed by atoms with Crippen LogP contribution < -0.4 is 0 Å². The number of sulfonamides is 1. The number of halogens is 1. The SMILES string of the molecule is O=S(=O)(c1cccnc1)N(CCCc1cccc(Cl)c1)Cc1cccc(O)c1. The number of phenols is 1. The number of aromatic hydroxyl groups is 1. The predicted molar refractivity (Wildman–Crippen MR) is 110 cm³/mol. The number of phenolic OH excluding ortho intramolecular Hbond substituents is 1. The van der Waals surface area contributed by atoms with Gasteiger partial charge in [-0.2, -0.15) is 4.31 Å². The van der Waals surface area contributed by atoms with Gasteiger partial charge in [-0.1, -0.05) is 35.9 Å². The summed E-state index contributed by atoms with van der Waals surface area (Å²) in [5, 5.41) is 10.4. The minimum Gasteiger partial charge on any atom is -0.508 e. The highest BCUT2D eigenvalue weighted by Crippen LogP contribution is 2.21. The Bertz CT molecular complexity index is 1030. The molecular formula is C21H21ClN2O3S. The number of pyridine rings is 1. The second-order valence-electron chi connectivity index (χ2n) is 6.43. The molecule has 0 fully saturated rings. The summed E-state index contributed by atoms with van der Waals surface area (Å²) in [4.78, 5) is 4.08. The van der Waals surface area contributed by atoms with Crippen molar-refractivity contribution in [1.29, 1.82) is 0 Å². The summed E-state index contributed by atoms with van der Waals surface area (Å²) >= 11 is 6.02. The summed E-state index contributed by atoms with van der Waals surface area (Å²) in [7, 11) is -3.71. The zero-order valence-corrected chi connectivity index (χ0v) is 16.8. The summed E-state index contributed by atoms with van der Waals surface area (Å²) in [6.45, 7) is 0.501. The van der Waals surface area contributed by atoms with E-state index in [0.717, 1.165) is 11.1 Å². The van der Waals surface area contributed by atoms with E-state index >= 15 is 0 Å². The van der Waals surface area contributed by atoms with Crippen LogP contribution in [0.3, 0.4) is 0 Å². The van der Waals surface area contributed by atoms with Crippen LogP contribution in [0.4, 0.5) is 0 Å². The maximum Gasteiger partial charge on any atom is 0.244 e. The maximum atomic E-state index is 13.1. The fourth-order valence-electron chi connectivity index (χ4n) is 2.94. The highest BCUT2D eigenvalue weighted by Gasteiger charge is 2.24. The number of hydrogen-bond donors (Lipinski definition) is 1. The van der Waals surface area contributed by atoms with Crippen LogP contribution in [-0.4, -0.2) is 29.4 Å². The number of benzene rings is 2. The molecule has 2 aromatic carbocycles. The quantitative estimate of drug-likeness (QED) is 0.595. The number of hydrogen-bond acceptors (Lipinski definition) is 4. The lowest BCUT2D eigenvalue weighted by Gasteiger charge is -2.22. The highest BCUT2D eigenvalue weighted by atomic mass is 35.5. The van der Waals surface area contributed by atoms with Crippen LogP contribution in [0.25, 0.3) is 0 Å². The second-order valence-corrected chi connectivity index (χ2v) is 8.81. The standard InChI is InChI=1S/C21H21ClN2O3S/c22-19-8-1-5-17(13-19)7-4-12-24(16-18-6-2-9-20(25)14-18)28(26,27)21-10-3-11-23-15-21/h1-3,5-6,8-11,13-15,25H,4,7,12,16H2. The second kappa shape index (κ2) is 9.19. The molecule has 0 saturated heterocycles. The van der Waals surface area contributed by atoms with E-state index in [4.69, 9.17) is 11.6 Å². The van der Waals surface area contributed by atoms with Crippen molar-refractivity contribution >= 4 is 21.6 Å². The third-order valence-electron chi connectivity index (χ3n) is 4.30. The topological polar surface area (TPSA) is 70.5 Å². The fraction of sp³-hybridized carbons (Fsp3) is 0.190. The lowest BCUT2D eigenvalue weighted by Crippen LogP contribution is -2.32. The van der Waals surface area contributed by atoms with Crippen LogP contribution in [0.1, 0.15) is 17.5 Å². The Kier molecular flexibility index (Phi) is 6.67. The van der Waals surface area contributed by atoms with Crippen molar-refractivity contribution < 1.29 is 13.5 Å². The largest absolute Gasteiger partial charge is 0.508 e. The van der Waals surface area contributed by atoms with Crippen molar-refractivity contribution in [3.8, 4) is 5.75 Å². The van der Waals surface area contributed by atoms with Crippen LogP contribution in [0.15, 0.2) is 78.0 Å². The molecule has 0 aliphatic carbocycles. The average Bonchev–Trinajstić information content (AvgIpc) is 2.68. The molecule has 0 atom stereocenters. The van der Waals surface area contributed by atoms with E-state index in [2.05, 4.69) is 4.98 Å².